The van der Waals surface area contributed by atoms with Crippen LogP contribution in [0.1, 0.15) is 85.9 Å². The van der Waals surface area contributed by atoms with Gasteiger partial charge in [-0.25, -0.2) is 14.2 Å². The number of likely N-dealkylation sites (tertiary alicyclic amines) is 1. The van der Waals surface area contributed by atoms with E-state index in [1.165, 1.54) is 6.07 Å². The van der Waals surface area contributed by atoms with E-state index in [0.29, 0.717) is 59.4 Å². The molecule has 1 aromatic carbocycles. The van der Waals surface area contributed by atoms with Crippen LogP contribution in [0.3, 0.4) is 0 Å². The fourth-order valence-electron chi connectivity index (χ4n) is 7.50. The number of hydrogen-bond acceptors (Lipinski definition) is 7. The molecule has 250 valence electrons. The van der Waals surface area contributed by atoms with Crippen molar-refractivity contribution in [3.63, 3.8) is 0 Å². The molecule has 3 aliphatic heterocycles. The fourth-order valence-corrected chi connectivity index (χ4v) is 7.50. The standard InChI is InChI=1S/C35H41FN4O7/c1-17-20-9-8-14-46-27(20)23(36)15-21(17)26-22-16-24(31(42)40-12-10-35(11-13-40)18(2)30(41)38-33(35)45)39(7)29(22)37-19(3)25(26)28(32(43)44)47-34(4,5)6/h15-16,18,28H,8-14H2,1-7H3,(H,43,44)(H,38,41,45)/t18?,28-/m0/s1. The van der Waals surface area contributed by atoms with Crippen LogP contribution in [0.5, 0.6) is 5.75 Å². The van der Waals surface area contributed by atoms with Gasteiger partial charge in [0.1, 0.15) is 11.3 Å². The van der Waals surface area contributed by atoms with Gasteiger partial charge in [0.25, 0.3) is 5.91 Å². The SMILES string of the molecule is Cc1nc2c(cc(C(=O)N3CCC4(CC3)C(=O)NC(=O)C4C)n2C)c(-c2cc(F)c3c(c2C)CCCO3)c1[C@H](OC(C)(C)C)C(=O)O. The number of carboxylic acid groups (broad SMARTS) is 1. The number of nitrogens with one attached hydrogen (secondary N) is 1. The number of benzene rings is 1. The third kappa shape index (κ3) is 5.26. The number of aryl methyl sites for hydroxylation is 2. The van der Waals surface area contributed by atoms with Crippen LogP contribution in [-0.2, 0) is 32.6 Å². The molecule has 5 heterocycles. The number of aromatic nitrogens is 2. The van der Waals surface area contributed by atoms with E-state index in [1.54, 1.807) is 57.2 Å². The van der Waals surface area contributed by atoms with Gasteiger partial charge in [-0.3, -0.25) is 19.7 Å². The van der Waals surface area contributed by atoms with E-state index in [4.69, 9.17) is 14.5 Å². The molecule has 0 aliphatic carbocycles. The molecule has 2 fully saturated rings. The minimum Gasteiger partial charge on any atom is -0.490 e. The van der Waals surface area contributed by atoms with Gasteiger partial charge in [-0.1, -0.05) is 6.92 Å². The second-order valence-electron chi connectivity index (χ2n) is 14.0. The number of rotatable bonds is 5. The average molecular weight is 649 g/mol. The van der Waals surface area contributed by atoms with Crippen LogP contribution in [0.25, 0.3) is 22.2 Å². The van der Waals surface area contributed by atoms with Crippen LogP contribution in [0, 0.1) is 31.0 Å². The Morgan fingerprint density at radius 1 is 1.19 bits per heavy atom. The zero-order valence-corrected chi connectivity index (χ0v) is 27.9. The maximum atomic E-state index is 15.7. The van der Waals surface area contributed by atoms with E-state index in [9.17, 15) is 24.3 Å². The van der Waals surface area contributed by atoms with Crippen molar-refractivity contribution < 1.29 is 38.1 Å². The van der Waals surface area contributed by atoms with Crippen LogP contribution in [0.4, 0.5) is 4.39 Å². The topological polar surface area (TPSA) is 140 Å². The van der Waals surface area contributed by atoms with Crippen molar-refractivity contribution in [2.75, 3.05) is 19.7 Å². The van der Waals surface area contributed by atoms with Gasteiger partial charge < -0.3 is 24.0 Å². The Morgan fingerprint density at radius 3 is 2.47 bits per heavy atom. The highest BCUT2D eigenvalue weighted by Crippen LogP contribution is 2.46. The molecule has 3 aromatic rings. The highest BCUT2D eigenvalue weighted by molar-refractivity contribution is 6.08. The van der Waals surface area contributed by atoms with Crippen LogP contribution in [0.15, 0.2) is 12.1 Å². The number of amides is 3. The van der Waals surface area contributed by atoms with Gasteiger partial charge in [-0.05, 0) is 83.6 Å². The lowest BCUT2D eigenvalue weighted by molar-refractivity contribution is -0.160. The van der Waals surface area contributed by atoms with Crippen LogP contribution >= 0.6 is 0 Å². The number of carbonyl (C=O) groups is 4. The summed E-state index contributed by atoms with van der Waals surface area (Å²) in [6, 6.07) is 3.06. The molecule has 6 rings (SSSR count). The smallest absolute Gasteiger partial charge is 0.337 e. The average Bonchev–Trinajstić information content (AvgIpc) is 3.44. The molecule has 3 aliphatic rings. The Labute approximate surface area is 272 Å². The monoisotopic (exact) mass is 648 g/mol. The second kappa shape index (κ2) is 11.4. The number of carbonyl (C=O) groups excluding carboxylic acids is 3. The van der Waals surface area contributed by atoms with Gasteiger partial charge in [0, 0.05) is 47.9 Å². The lowest BCUT2D eigenvalue weighted by atomic mass is 9.71. The van der Waals surface area contributed by atoms with E-state index >= 15 is 4.39 Å². The molecular formula is C35H41FN4O7. The van der Waals surface area contributed by atoms with E-state index in [0.717, 1.165) is 17.5 Å². The zero-order valence-electron chi connectivity index (χ0n) is 27.9. The summed E-state index contributed by atoms with van der Waals surface area (Å²) < 4.78 is 29.2. The quantitative estimate of drug-likeness (QED) is 0.377. The summed E-state index contributed by atoms with van der Waals surface area (Å²) in [6.45, 7) is 11.6. The first kappa shape index (κ1) is 32.6. The molecule has 47 heavy (non-hydrogen) atoms. The zero-order chi connectivity index (χ0) is 34.2. The van der Waals surface area contributed by atoms with Crippen molar-refractivity contribution in [3.8, 4) is 16.9 Å². The summed E-state index contributed by atoms with van der Waals surface area (Å²) in [5.74, 6) is -2.89. The molecule has 12 heteroatoms. The maximum absolute atomic E-state index is 15.7. The molecule has 0 saturated carbocycles. The Kier molecular flexibility index (Phi) is 7.93. The highest BCUT2D eigenvalue weighted by atomic mass is 19.1. The summed E-state index contributed by atoms with van der Waals surface area (Å²) in [5.41, 5.74) is 2.14. The minimum absolute atomic E-state index is 0.209. The Hall–Kier alpha value is -4.32. The van der Waals surface area contributed by atoms with E-state index in [1.807, 2.05) is 6.92 Å². The molecule has 2 saturated heterocycles. The van der Waals surface area contributed by atoms with Gasteiger partial charge in [0.05, 0.1) is 23.5 Å². The molecule has 3 amide bonds. The van der Waals surface area contributed by atoms with Crippen LogP contribution in [-0.4, -0.2) is 68.5 Å². The molecule has 1 spiro atoms. The van der Waals surface area contributed by atoms with Crippen molar-refractivity contribution in [2.24, 2.45) is 18.4 Å². The summed E-state index contributed by atoms with van der Waals surface area (Å²) in [6.07, 6.45) is 0.598. The summed E-state index contributed by atoms with van der Waals surface area (Å²) in [7, 11) is 1.72. The first-order valence-corrected chi connectivity index (χ1v) is 16.1. The molecule has 0 bridgehead atoms. The molecule has 11 nitrogen and oxygen atoms in total. The number of fused-ring (bicyclic) bond motifs is 2. The number of piperidine rings is 1. The van der Waals surface area contributed by atoms with Gasteiger partial charge in [-0.15, -0.1) is 0 Å². The van der Waals surface area contributed by atoms with Gasteiger partial charge in [0.15, 0.2) is 17.7 Å². The number of nitrogens with zero attached hydrogens (tertiary/aromatic N) is 3. The van der Waals surface area contributed by atoms with Crippen molar-refractivity contribution in [1.82, 2.24) is 19.8 Å². The number of aliphatic carboxylic acids is 1. The Morgan fingerprint density at radius 2 is 1.87 bits per heavy atom. The molecule has 1 unspecified atom stereocenters. The minimum atomic E-state index is -1.43. The lowest BCUT2D eigenvalue weighted by Crippen LogP contribution is -2.48. The Bertz CT molecular complexity index is 1850. The largest absolute Gasteiger partial charge is 0.490 e. The van der Waals surface area contributed by atoms with Crippen molar-refractivity contribution in [3.05, 3.63) is 46.0 Å². The molecule has 2 N–H and O–H groups in total. The molecule has 0 radical (unpaired) electrons. The number of halogens is 1. The van der Waals surface area contributed by atoms with Crippen molar-refractivity contribution >= 4 is 34.7 Å². The second-order valence-corrected chi connectivity index (χ2v) is 14.0. The fraction of sp³-hybridized carbons (Fsp3) is 0.514. The predicted octanol–water partition coefficient (Wildman–Crippen LogP) is 4.78. The molecule has 2 aromatic heterocycles. The van der Waals surface area contributed by atoms with Crippen LogP contribution in [0.2, 0.25) is 0 Å². The van der Waals surface area contributed by atoms with Crippen LogP contribution < -0.4 is 10.1 Å². The number of pyridine rings is 1. The van der Waals surface area contributed by atoms with Gasteiger partial charge in [0.2, 0.25) is 11.8 Å². The van der Waals surface area contributed by atoms with Crippen molar-refractivity contribution in [1.29, 1.82) is 0 Å². The number of hydrogen-bond donors (Lipinski definition) is 2. The van der Waals surface area contributed by atoms with Gasteiger partial charge >= 0.3 is 5.97 Å². The summed E-state index contributed by atoms with van der Waals surface area (Å²) in [5, 5.41) is 13.4. The summed E-state index contributed by atoms with van der Waals surface area (Å²) >= 11 is 0. The van der Waals surface area contributed by atoms with E-state index in [-0.39, 0.29) is 42.1 Å². The normalized spacial score (nSPS) is 19.9. The third-order valence-electron chi connectivity index (χ3n) is 10.1. The molecule has 2 atom stereocenters. The maximum Gasteiger partial charge on any atom is 0.337 e. The lowest BCUT2D eigenvalue weighted by Gasteiger charge is -2.39. The highest BCUT2D eigenvalue weighted by Gasteiger charge is 2.54. The van der Waals surface area contributed by atoms with Crippen molar-refractivity contribution in [2.45, 2.75) is 78.9 Å². The first-order valence-electron chi connectivity index (χ1n) is 16.1. The number of imide groups is 1. The number of carboxylic acids is 1. The predicted molar refractivity (Wildman–Crippen MR) is 170 cm³/mol. The van der Waals surface area contributed by atoms with E-state index < -0.39 is 34.8 Å². The molecular weight excluding hydrogens is 607 g/mol. The summed E-state index contributed by atoms with van der Waals surface area (Å²) in [4.78, 5) is 58.4. The Balaban J connectivity index is 1.52. The van der Waals surface area contributed by atoms with Gasteiger partial charge in [-0.2, -0.15) is 0 Å². The third-order valence-corrected chi connectivity index (χ3v) is 10.1. The first-order chi connectivity index (χ1) is 22.1. The number of ether oxygens (including phenoxy) is 2. The van der Waals surface area contributed by atoms with E-state index in [2.05, 4.69) is 5.32 Å².